The van der Waals surface area contributed by atoms with Crippen LogP contribution in [0.15, 0.2) is 77.7 Å². The Kier molecular flexibility index (Phi) is 9.17. The zero-order valence-corrected chi connectivity index (χ0v) is 26.4. The minimum Gasteiger partial charge on any atom is -0.378 e. The molecule has 1 atom stereocenters. The van der Waals surface area contributed by atoms with E-state index in [1.165, 1.54) is 4.57 Å². The van der Waals surface area contributed by atoms with E-state index in [0.29, 0.717) is 54.5 Å². The number of morpholine rings is 1. The fourth-order valence-corrected chi connectivity index (χ4v) is 5.22. The molecule has 1 saturated heterocycles. The van der Waals surface area contributed by atoms with Gasteiger partial charge < -0.3 is 30.6 Å². The molecule has 10 heteroatoms. The number of carbonyl (C=O) groups is 2. The second kappa shape index (κ2) is 13.1. The molecule has 4 aromatic rings. The van der Waals surface area contributed by atoms with Crippen LogP contribution in [-0.2, 0) is 22.0 Å². The summed E-state index contributed by atoms with van der Waals surface area (Å²) in [5.41, 5.74) is 11.8. The Morgan fingerprint density at radius 2 is 1.64 bits per heavy atom. The maximum Gasteiger partial charge on any atom is 0.293 e. The molecular weight excluding hydrogens is 568 g/mol. The molecule has 5 rings (SSSR count). The summed E-state index contributed by atoms with van der Waals surface area (Å²) in [6.07, 6.45) is 1.67. The lowest BCUT2D eigenvalue weighted by Gasteiger charge is -2.29. The van der Waals surface area contributed by atoms with Gasteiger partial charge in [0.25, 0.3) is 11.5 Å². The highest BCUT2D eigenvalue weighted by molar-refractivity contribution is 6.05. The highest BCUT2D eigenvalue weighted by Gasteiger charge is 2.24. The molecule has 1 unspecified atom stereocenters. The van der Waals surface area contributed by atoms with Crippen molar-refractivity contribution in [2.75, 3.05) is 36.9 Å². The van der Waals surface area contributed by atoms with Crippen LogP contribution in [0.25, 0.3) is 11.3 Å². The summed E-state index contributed by atoms with van der Waals surface area (Å²) >= 11 is 0. The van der Waals surface area contributed by atoms with Crippen molar-refractivity contribution >= 4 is 29.0 Å². The van der Waals surface area contributed by atoms with Gasteiger partial charge in [-0.2, -0.15) is 0 Å². The first-order valence-electron chi connectivity index (χ1n) is 15.0. The van der Waals surface area contributed by atoms with E-state index in [2.05, 4.69) is 36.4 Å². The number of amides is 2. The van der Waals surface area contributed by atoms with Crippen LogP contribution < -0.4 is 21.9 Å². The van der Waals surface area contributed by atoms with Crippen LogP contribution in [0, 0.1) is 6.92 Å². The van der Waals surface area contributed by atoms with Gasteiger partial charge in [0, 0.05) is 48.8 Å². The van der Waals surface area contributed by atoms with E-state index in [4.69, 9.17) is 10.5 Å². The average molecular weight is 609 g/mol. The quantitative estimate of drug-likeness (QED) is 0.272. The largest absolute Gasteiger partial charge is 0.378 e. The number of aromatic nitrogens is 2. The van der Waals surface area contributed by atoms with E-state index < -0.39 is 6.04 Å². The van der Waals surface area contributed by atoms with Crippen molar-refractivity contribution in [1.29, 1.82) is 0 Å². The van der Waals surface area contributed by atoms with Crippen LogP contribution in [0.2, 0.25) is 0 Å². The summed E-state index contributed by atoms with van der Waals surface area (Å²) in [4.78, 5) is 45.3. The summed E-state index contributed by atoms with van der Waals surface area (Å²) in [5, 5.41) is 6.14. The topological polar surface area (TPSA) is 132 Å². The Morgan fingerprint density at radius 1 is 0.978 bits per heavy atom. The number of anilines is 3. The predicted octanol–water partition coefficient (Wildman–Crippen LogP) is 4.91. The molecule has 0 saturated carbocycles. The van der Waals surface area contributed by atoms with Crippen LogP contribution in [0.5, 0.6) is 0 Å². The molecule has 2 heterocycles. The number of ether oxygens (including phenoxy) is 1. The highest BCUT2D eigenvalue weighted by atomic mass is 16.5. The molecule has 0 aliphatic carbocycles. The van der Waals surface area contributed by atoms with Crippen molar-refractivity contribution in [3.05, 3.63) is 106 Å². The SMILES string of the molecule is Cc1c(NC(=O)c2ccc(C(C)(C)C)cc2)cccc1-c1cn(C)c(=O)c(Nc2ccc(C(N)C(=O)N3CCOCC3)cc2)n1. The monoisotopic (exact) mass is 608 g/mol. The molecular formula is C35H40N6O4. The fraction of sp³-hybridized carbons (Fsp3) is 0.314. The lowest BCUT2D eigenvalue weighted by molar-refractivity contribution is -0.136. The summed E-state index contributed by atoms with van der Waals surface area (Å²) in [6.45, 7) is 10.4. The van der Waals surface area contributed by atoms with Crippen LogP contribution >= 0.6 is 0 Å². The number of nitrogens with two attached hydrogens (primary N) is 1. The van der Waals surface area contributed by atoms with Crippen LogP contribution in [0.4, 0.5) is 17.2 Å². The van der Waals surface area contributed by atoms with E-state index in [9.17, 15) is 14.4 Å². The predicted molar refractivity (Wildman–Crippen MR) is 177 cm³/mol. The Morgan fingerprint density at radius 3 is 2.29 bits per heavy atom. The fourth-order valence-electron chi connectivity index (χ4n) is 5.22. The summed E-state index contributed by atoms with van der Waals surface area (Å²) < 4.78 is 6.79. The molecule has 0 spiro atoms. The number of nitrogens with zero attached hydrogens (tertiary/aromatic N) is 3. The molecule has 0 radical (unpaired) electrons. The number of rotatable bonds is 7. The molecule has 1 fully saturated rings. The standard InChI is InChI=1S/C35H40N6O4/c1-22-27(7-6-8-28(22)39-32(42)24-9-13-25(14-10-24)35(2,3)4)29-21-40(5)34(44)31(38-29)37-26-15-11-23(12-16-26)30(36)33(43)41-17-19-45-20-18-41/h6-16,21,30H,17-20,36H2,1-5H3,(H,37,38)(H,39,42). The molecule has 3 aromatic carbocycles. The zero-order chi connectivity index (χ0) is 32.3. The minimum atomic E-state index is -0.787. The summed E-state index contributed by atoms with van der Waals surface area (Å²) in [5.74, 6) is -0.208. The van der Waals surface area contributed by atoms with Gasteiger partial charge in [-0.1, -0.05) is 57.2 Å². The smallest absolute Gasteiger partial charge is 0.293 e. The van der Waals surface area contributed by atoms with Crippen LogP contribution in [-0.4, -0.2) is 52.6 Å². The number of aryl methyl sites for hydroxylation is 1. The molecule has 0 bridgehead atoms. The van der Waals surface area contributed by atoms with Gasteiger partial charge in [0.1, 0.15) is 6.04 Å². The van der Waals surface area contributed by atoms with Crippen LogP contribution in [0.1, 0.15) is 53.9 Å². The maximum atomic E-state index is 13.1. The first kappa shape index (κ1) is 31.6. The molecule has 4 N–H and O–H groups in total. The van der Waals surface area contributed by atoms with E-state index >= 15 is 0 Å². The second-order valence-electron chi connectivity index (χ2n) is 12.3. The van der Waals surface area contributed by atoms with Crippen LogP contribution in [0.3, 0.4) is 0 Å². The highest BCUT2D eigenvalue weighted by Crippen LogP contribution is 2.29. The molecule has 2 amide bonds. The van der Waals surface area contributed by atoms with Gasteiger partial charge in [-0.3, -0.25) is 14.4 Å². The second-order valence-corrected chi connectivity index (χ2v) is 12.3. The molecule has 1 aromatic heterocycles. The third-order valence-corrected chi connectivity index (χ3v) is 8.06. The Hall–Kier alpha value is -4.80. The zero-order valence-electron chi connectivity index (χ0n) is 26.4. The molecule has 1 aliphatic rings. The van der Waals surface area contributed by atoms with Crippen molar-refractivity contribution in [2.24, 2.45) is 12.8 Å². The van der Waals surface area contributed by atoms with E-state index in [1.54, 1.807) is 42.4 Å². The lowest BCUT2D eigenvalue weighted by atomic mass is 9.86. The van der Waals surface area contributed by atoms with Gasteiger partial charge in [0.2, 0.25) is 5.91 Å². The summed E-state index contributed by atoms with van der Waals surface area (Å²) in [7, 11) is 1.67. The number of hydrogen-bond acceptors (Lipinski definition) is 7. The summed E-state index contributed by atoms with van der Waals surface area (Å²) in [6, 6.07) is 19.5. The minimum absolute atomic E-state index is 0.00301. The number of benzene rings is 3. The van der Waals surface area contributed by atoms with E-state index in [-0.39, 0.29) is 28.6 Å². The van der Waals surface area contributed by atoms with Crippen molar-refractivity contribution in [2.45, 2.75) is 39.2 Å². The van der Waals surface area contributed by atoms with Gasteiger partial charge in [0.05, 0.1) is 18.9 Å². The van der Waals surface area contributed by atoms with Gasteiger partial charge >= 0.3 is 0 Å². The van der Waals surface area contributed by atoms with Crippen molar-refractivity contribution in [3.8, 4) is 11.3 Å². The first-order chi connectivity index (χ1) is 21.4. The third-order valence-electron chi connectivity index (χ3n) is 8.06. The lowest BCUT2D eigenvalue weighted by Crippen LogP contribution is -2.45. The molecule has 234 valence electrons. The van der Waals surface area contributed by atoms with E-state index in [1.807, 2.05) is 49.4 Å². The maximum absolute atomic E-state index is 13.1. The normalized spacial score (nSPS) is 14.1. The number of nitrogens with one attached hydrogen (secondary N) is 2. The number of carbonyl (C=O) groups excluding carboxylic acids is 2. The van der Waals surface area contributed by atoms with Gasteiger partial charge in [-0.05, 0) is 59.4 Å². The average Bonchev–Trinajstić information content (AvgIpc) is 3.04. The van der Waals surface area contributed by atoms with Crippen molar-refractivity contribution < 1.29 is 14.3 Å². The van der Waals surface area contributed by atoms with Gasteiger partial charge in [0.15, 0.2) is 5.82 Å². The van der Waals surface area contributed by atoms with Crippen molar-refractivity contribution in [1.82, 2.24) is 14.5 Å². The van der Waals surface area contributed by atoms with Crippen molar-refractivity contribution in [3.63, 3.8) is 0 Å². The number of hydrogen-bond donors (Lipinski definition) is 3. The third kappa shape index (κ3) is 7.13. The molecule has 45 heavy (non-hydrogen) atoms. The Bertz CT molecular complexity index is 1750. The molecule has 10 nitrogen and oxygen atoms in total. The van der Waals surface area contributed by atoms with Gasteiger partial charge in [-0.25, -0.2) is 4.98 Å². The van der Waals surface area contributed by atoms with Gasteiger partial charge in [-0.15, -0.1) is 0 Å². The Labute approximate surface area is 263 Å². The first-order valence-corrected chi connectivity index (χ1v) is 15.0. The molecule has 1 aliphatic heterocycles. The van der Waals surface area contributed by atoms with E-state index in [0.717, 1.165) is 16.7 Å². The Balaban J connectivity index is 1.34.